The third-order valence-corrected chi connectivity index (χ3v) is 6.07. The van der Waals surface area contributed by atoms with Gasteiger partial charge in [-0.05, 0) is 19.3 Å². The second kappa shape index (κ2) is 5.88. The number of nitrogens with zero attached hydrogens (tertiary/aromatic N) is 4. The summed E-state index contributed by atoms with van der Waals surface area (Å²) in [5.41, 5.74) is -0.219. The number of carbonyl (C=O) groups is 1. The molecule has 0 bridgehead atoms. The van der Waals surface area contributed by atoms with E-state index in [2.05, 4.69) is 9.97 Å². The molecular weight excluding hydrogens is 327 g/mol. The standard InChI is InChI=1S/C17H23FN4O3/c1-10(24)12-4-13(12)16(25)21-5-11(6-23)17(7-21)8-22(9-17)15-14(18)19-2-3-20-15/h2-3,10-13,23-24H,4-9H2,1H3. The van der Waals surface area contributed by atoms with Gasteiger partial charge in [0.2, 0.25) is 5.91 Å². The molecule has 2 aliphatic heterocycles. The van der Waals surface area contributed by atoms with Crippen molar-refractivity contribution in [2.45, 2.75) is 19.4 Å². The summed E-state index contributed by atoms with van der Waals surface area (Å²) in [6.45, 7) is 3.93. The zero-order valence-electron chi connectivity index (χ0n) is 14.2. The third kappa shape index (κ3) is 2.67. The van der Waals surface area contributed by atoms with Gasteiger partial charge in [-0.3, -0.25) is 4.79 Å². The van der Waals surface area contributed by atoms with Gasteiger partial charge in [-0.15, -0.1) is 0 Å². The summed E-state index contributed by atoms with van der Waals surface area (Å²) in [5, 5.41) is 19.4. The molecule has 8 heteroatoms. The SMILES string of the molecule is CC(O)C1CC1C(=O)N1CC(CO)C2(C1)CN(c1nccnc1F)C2. The van der Waals surface area contributed by atoms with Crippen molar-refractivity contribution >= 4 is 11.7 Å². The van der Waals surface area contributed by atoms with Gasteiger partial charge in [0.15, 0.2) is 5.82 Å². The Labute approximate surface area is 145 Å². The van der Waals surface area contributed by atoms with Crippen molar-refractivity contribution in [3.05, 3.63) is 18.3 Å². The normalized spacial score (nSPS) is 31.1. The van der Waals surface area contributed by atoms with Gasteiger partial charge in [-0.1, -0.05) is 0 Å². The molecule has 1 aliphatic carbocycles. The number of aliphatic hydroxyl groups is 2. The molecule has 0 aromatic carbocycles. The average molecular weight is 350 g/mol. The summed E-state index contributed by atoms with van der Waals surface area (Å²) in [4.78, 5) is 24.0. The fourth-order valence-corrected chi connectivity index (χ4v) is 4.47. The van der Waals surface area contributed by atoms with Crippen LogP contribution in [0.3, 0.4) is 0 Å². The number of halogens is 1. The molecule has 2 N–H and O–H groups in total. The second-order valence-electron chi connectivity index (χ2n) is 7.73. The van der Waals surface area contributed by atoms with E-state index in [1.165, 1.54) is 12.4 Å². The number of amides is 1. The van der Waals surface area contributed by atoms with Crippen LogP contribution in [0.25, 0.3) is 0 Å². The molecule has 0 radical (unpaired) electrons. The largest absolute Gasteiger partial charge is 0.396 e. The first-order valence-corrected chi connectivity index (χ1v) is 8.74. The van der Waals surface area contributed by atoms with Crippen molar-refractivity contribution in [1.82, 2.24) is 14.9 Å². The summed E-state index contributed by atoms with van der Waals surface area (Å²) in [5.74, 6) is -0.347. The maximum absolute atomic E-state index is 13.8. The highest BCUT2D eigenvalue weighted by Gasteiger charge is 2.57. The lowest BCUT2D eigenvalue weighted by Gasteiger charge is -2.51. The quantitative estimate of drug-likeness (QED) is 0.788. The van der Waals surface area contributed by atoms with E-state index in [4.69, 9.17) is 0 Å². The Balaban J connectivity index is 1.43. The molecule has 1 aromatic heterocycles. The molecule has 4 atom stereocenters. The lowest BCUT2D eigenvalue weighted by Crippen LogP contribution is -2.61. The molecule has 1 saturated carbocycles. The number of aliphatic hydroxyl groups excluding tert-OH is 2. The molecule has 136 valence electrons. The zero-order chi connectivity index (χ0) is 17.8. The lowest BCUT2D eigenvalue weighted by atomic mass is 9.72. The van der Waals surface area contributed by atoms with E-state index in [0.29, 0.717) is 26.2 Å². The van der Waals surface area contributed by atoms with Crippen LogP contribution >= 0.6 is 0 Å². The predicted octanol–water partition coefficient (Wildman–Crippen LogP) is -0.110. The molecular formula is C17H23FN4O3. The number of likely N-dealkylation sites (tertiary alicyclic amines) is 1. The highest BCUT2D eigenvalue weighted by molar-refractivity contribution is 5.82. The minimum absolute atomic E-state index is 0.00503. The Morgan fingerprint density at radius 1 is 1.40 bits per heavy atom. The summed E-state index contributed by atoms with van der Waals surface area (Å²) < 4.78 is 13.8. The molecule has 1 spiro atoms. The molecule has 7 nitrogen and oxygen atoms in total. The van der Waals surface area contributed by atoms with Crippen LogP contribution in [0.15, 0.2) is 12.4 Å². The predicted molar refractivity (Wildman–Crippen MR) is 87.1 cm³/mol. The van der Waals surface area contributed by atoms with Crippen LogP contribution in [0.1, 0.15) is 13.3 Å². The van der Waals surface area contributed by atoms with Crippen molar-refractivity contribution in [2.24, 2.45) is 23.2 Å². The molecule has 25 heavy (non-hydrogen) atoms. The van der Waals surface area contributed by atoms with Gasteiger partial charge < -0.3 is 20.0 Å². The Hall–Kier alpha value is -1.80. The fourth-order valence-electron chi connectivity index (χ4n) is 4.47. The first-order chi connectivity index (χ1) is 11.9. The first-order valence-electron chi connectivity index (χ1n) is 8.74. The third-order valence-electron chi connectivity index (χ3n) is 6.07. The maximum atomic E-state index is 13.8. The molecule has 1 amide bonds. The average Bonchev–Trinajstić information content (AvgIpc) is 3.27. The van der Waals surface area contributed by atoms with E-state index in [1.807, 2.05) is 9.80 Å². The van der Waals surface area contributed by atoms with E-state index in [9.17, 15) is 19.4 Å². The molecule has 2 saturated heterocycles. The number of rotatable bonds is 4. The van der Waals surface area contributed by atoms with E-state index in [-0.39, 0.29) is 41.5 Å². The number of carbonyl (C=O) groups excluding carboxylic acids is 1. The number of aromatic nitrogens is 2. The van der Waals surface area contributed by atoms with Crippen molar-refractivity contribution in [3.8, 4) is 0 Å². The Kier molecular flexibility index (Phi) is 3.92. The van der Waals surface area contributed by atoms with Gasteiger partial charge in [0, 0.05) is 62.4 Å². The van der Waals surface area contributed by atoms with Crippen LogP contribution in [0.2, 0.25) is 0 Å². The van der Waals surface area contributed by atoms with Crippen molar-refractivity contribution in [1.29, 1.82) is 0 Å². The van der Waals surface area contributed by atoms with Crippen LogP contribution in [-0.2, 0) is 4.79 Å². The number of hydrogen-bond acceptors (Lipinski definition) is 6. The van der Waals surface area contributed by atoms with E-state index < -0.39 is 12.1 Å². The molecule has 3 heterocycles. The zero-order valence-corrected chi connectivity index (χ0v) is 14.2. The Morgan fingerprint density at radius 2 is 2.12 bits per heavy atom. The Morgan fingerprint density at radius 3 is 2.72 bits per heavy atom. The topological polar surface area (TPSA) is 89.8 Å². The monoisotopic (exact) mass is 350 g/mol. The lowest BCUT2D eigenvalue weighted by molar-refractivity contribution is -0.132. The van der Waals surface area contributed by atoms with Crippen LogP contribution in [0, 0.1) is 29.1 Å². The van der Waals surface area contributed by atoms with Gasteiger partial charge in [-0.25, -0.2) is 9.97 Å². The van der Waals surface area contributed by atoms with Crippen LogP contribution < -0.4 is 4.90 Å². The maximum Gasteiger partial charge on any atom is 0.255 e. The smallest absolute Gasteiger partial charge is 0.255 e. The van der Waals surface area contributed by atoms with Gasteiger partial charge >= 0.3 is 0 Å². The molecule has 1 aromatic rings. The van der Waals surface area contributed by atoms with Gasteiger partial charge in [0.05, 0.1) is 6.10 Å². The van der Waals surface area contributed by atoms with E-state index in [1.54, 1.807) is 6.92 Å². The number of anilines is 1. The van der Waals surface area contributed by atoms with Crippen LogP contribution in [-0.4, -0.2) is 69.9 Å². The van der Waals surface area contributed by atoms with Crippen LogP contribution in [0.4, 0.5) is 10.2 Å². The Bertz CT molecular complexity index is 680. The van der Waals surface area contributed by atoms with Gasteiger partial charge in [-0.2, -0.15) is 4.39 Å². The minimum Gasteiger partial charge on any atom is -0.396 e. The summed E-state index contributed by atoms with van der Waals surface area (Å²) in [7, 11) is 0. The van der Waals surface area contributed by atoms with E-state index in [0.717, 1.165) is 6.42 Å². The van der Waals surface area contributed by atoms with Crippen LogP contribution in [0.5, 0.6) is 0 Å². The fraction of sp³-hybridized carbons (Fsp3) is 0.706. The number of hydrogen-bond donors (Lipinski definition) is 2. The minimum atomic E-state index is -0.596. The molecule has 4 unspecified atom stereocenters. The summed E-state index contributed by atoms with van der Waals surface area (Å²) in [6.07, 6.45) is 3.05. The molecule has 3 fully saturated rings. The highest BCUT2D eigenvalue weighted by Crippen LogP contribution is 2.48. The first kappa shape index (κ1) is 16.7. The molecule has 4 rings (SSSR count). The van der Waals surface area contributed by atoms with Crippen molar-refractivity contribution < 1.29 is 19.4 Å². The van der Waals surface area contributed by atoms with Gasteiger partial charge in [0.1, 0.15) is 0 Å². The molecule has 3 aliphatic rings. The second-order valence-corrected chi connectivity index (χ2v) is 7.73. The van der Waals surface area contributed by atoms with Gasteiger partial charge in [0.25, 0.3) is 5.95 Å². The van der Waals surface area contributed by atoms with Crippen molar-refractivity contribution in [3.63, 3.8) is 0 Å². The summed E-state index contributed by atoms with van der Waals surface area (Å²) >= 11 is 0. The van der Waals surface area contributed by atoms with E-state index >= 15 is 0 Å². The highest BCUT2D eigenvalue weighted by atomic mass is 19.1. The summed E-state index contributed by atoms with van der Waals surface area (Å²) in [6, 6.07) is 0. The van der Waals surface area contributed by atoms with Crippen molar-refractivity contribution in [2.75, 3.05) is 37.7 Å².